The quantitative estimate of drug-likeness (QED) is 0.156. The van der Waals surface area contributed by atoms with E-state index in [1.54, 1.807) is 0 Å². The van der Waals surface area contributed by atoms with Gasteiger partial charge in [-0.1, -0.05) is 172 Å². The minimum absolute atomic E-state index is 0.166. The molecule has 1 heterocycles. The zero-order chi connectivity index (χ0) is 40.7. The minimum Gasteiger partial charge on any atom is -0.456 e. The van der Waals surface area contributed by atoms with E-state index in [2.05, 4.69) is 225 Å². The predicted octanol–water partition coefficient (Wildman–Crippen LogP) is 16.7. The molecule has 0 saturated heterocycles. The molecule has 11 aromatic rings. The van der Waals surface area contributed by atoms with Gasteiger partial charge in [0.25, 0.3) is 0 Å². The molecule has 0 spiro atoms. The van der Waals surface area contributed by atoms with E-state index in [1.807, 2.05) is 6.07 Å². The van der Waals surface area contributed by atoms with Crippen molar-refractivity contribution in [2.24, 2.45) is 0 Å². The molecular weight excluding hydrogens is 739 g/mol. The summed E-state index contributed by atoms with van der Waals surface area (Å²) in [6, 6.07) is 77.6. The van der Waals surface area contributed by atoms with Crippen LogP contribution in [0.25, 0.3) is 88.0 Å². The van der Waals surface area contributed by atoms with Crippen molar-refractivity contribution >= 4 is 60.5 Å². The second-order valence-corrected chi connectivity index (χ2v) is 16.9. The van der Waals surface area contributed by atoms with Crippen LogP contribution in [0.3, 0.4) is 0 Å². The number of hydrogen-bond acceptors (Lipinski definition) is 2. The molecule has 2 nitrogen and oxygen atoms in total. The largest absolute Gasteiger partial charge is 0.456 e. The Kier molecular flexibility index (Phi) is 7.92. The van der Waals surface area contributed by atoms with E-state index in [0.29, 0.717) is 0 Å². The average molecular weight is 780 g/mol. The maximum absolute atomic E-state index is 6.61. The molecule has 0 bridgehead atoms. The molecule has 1 aliphatic rings. The van der Waals surface area contributed by atoms with Gasteiger partial charge in [0.1, 0.15) is 11.2 Å². The van der Waals surface area contributed by atoms with Crippen LogP contribution in [-0.4, -0.2) is 0 Å². The predicted molar refractivity (Wildman–Crippen MR) is 257 cm³/mol. The number of anilines is 3. The fourth-order valence-electron chi connectivity index (χ4n) is 10.1. The average Bonchev–Trinajstić information content (AvgIpc) is 3.80. The lowest BCUT2D eigenvalue weighted by molar-refractivity contribution is 0.660. The highest BCUT2D eigenvalue weighted by Crippen LogP contribution is 2.53. The van der Waals surface area contributed by atoms with Gasteiger partial charge in [-0.05, 0) is 126 Å². The summed E-state index contributed by atoms with van der Waals surface area (Å²) in [4.78, 5) is 2.48. The smallest absolute Gasteiger partial charge is 0.136 e. The topological polar surface area (TPSA) is 16.4 Å². The summed E-state index contributed by atoms with van der Waals surface area (Å²) in [5.74, 6) is 0. The van der Waals surface area contributed by atoms with E-state index < -0.39 is 0 Å². The summed E-state index contributed by atoms with van der Waals surface area (Å²) in [7, 11) is 0. The lowest BCUT2D eigenvalue weighted by Gasteiger charge is -2.31. The van der Waals surface area contributed by atoms with E-state index in [-0.39, 0.29) is 5.41 Å². The Bertz CT molecular complexity index is 3520. The first-order valence-corrected chi connectivity index (χ1v) is 21.2. The Morgan fingerprint density at radius 3 is 1.90 bits per heavy atom. The van der Waals surface area contributed by atoms with Crippen LogP contribution < -0.4 is 4.90 Å². The summed E-state index contributed by atoms with van der Waals surface area (Å²) >= 11 is 0. The Balaban J connectivity index is 1.17. The molecule has 0 fully saturated rings. The van der Waals surface area contributed by atoms with Crippen molar-refractivity contribution in [2.45, 2.75) is 19.3 Å². The zero-order valence-corrected chi connectivity index (χ0v) is 34.1. The summed E-state index contributed by atoms with van der Waals surface area (Å²) < 4.78 is 6.61. The van der Waals surface area contributed by atoms with Gasteiger partial charge < -0.3 is 9.32 Å². The standard InChI is InChI=1S/C59H41NO/c1-59(2)53-27-12-10-24-47(53)48-33-31-43(37-54(48)59)60(42-20-14-19-39(34-42)38-16-4-3-5-17-38)55-28-15-26-51(52-35-40-18-6-7-21-44(40)45-22-8-9-23-46(45)52)58(55)41-30-32-50-49-25-11-13-29-56(49)61-57(50)36-41/h3-37H,1-2H3. The van der Waals surface area contributed by atoms with Crippen LogP contribution in [0.15, 0.2) is 217 Å². The molecule has 0 N–H and O–H groups in total. The Morgan fingerprint density at radius 1 is 0.361 bits per heavy atom. The van der Waals surface area contributed by atoms with E-state index in [0.717, 1.165) is 55.7 Å². The lowest BCUT2D eigenvalue weighted by Crippen LogP contribution is -2.17. The van der Waals surface area contributed by atoms with Crippen LogP contribution in [0.2, 0.25) is 0 Å². The Morgan fingerprint density at radius 2 is 1.02 bits per heavy atom. The van der Waals surface area contributed by atoms with Crippen molar-refractivity contribution in [1.82, 2.24) is 0 Å². The molecule has 0 radical (unpaired) electrons. The van der Waals surface area contributed by atoms with Crippen LogP contribution >= 0.6 is 0 Å². The third kappa shape index (κ3) is 5.56. The molecule has 61 heavy (non-hydrogen) atoms. The van der Waals surface area contributed by atoms with Crippen molar-refractivity contribution in [3.63, 3.8) is 0 Å². The molecule has 1 aromatic heterocycles. The number of benzene rings is 10. The van der Waals surface area contributed by atoms with Crippen LogP contribution in [0.5, 0.6) is 0 Å². The van der Waals surface area contributed by atoms with Gasteiger partial charge in [0.15, 0.2) is 0 Å². The molecule has 1 aliphatic carbocycles. The zero-order valence-electron chi connectivity index (χ0n) is 34.1. The third-order valence-electron chi connectivity index (χ3n) is 13.0. The van der Waals surface area contributed by atoms with Gasteiger partial charge in [-0.2, -0.15) is 0 Å². The summed E-state index contributed by atoms with van der Waals surface area (Å²) in [5, 5.41) is 7.17. The number of rotatable bonds is 6. The molecule has 0 atom stereocenters. The maximum atomic E-state index is 6.61. The van der Waals surface area contributed by atoms with Gasteiger partial charge in [0.05, 0.1) is 5.69 Å². The molecule has 12 rings (SSSR count). The van der Waals surface area contributed by atoms with Gasteiger partial charge in [0, 0.05) is 33.1 Å². The van der Waals surface area contributed by atoms with E-state index in [9.17, 15) is 0 Å². The summed E-state index contributed by atoms with van der Waals surface area (Å²) in [6.45, 7) is 4.72. The van der Waals surface area contributed by atoms with Gasteiger partial charge >= 0.3 is 0 Å². The van der Waals surface area contributed by atoms with Crippen molar-refractivity contribution in [2.75, 3.05) is 4.90 Å². The second kappa shape index (κ2) is 13.7. The fourth-order valence-corrected chi connectivity index (χ4v) is 10.1. The summed E-state index contributed by atoms with van der Waals surface area (Å²) in [5.41, 5.74) is 17.1. The SMILES string of the molecule is CC1(C)c2ccccc2-c2ccc(N(c3cccc(-c4ccccc4)c3)c3cccc(-c4cc5ccccc5c5ccccc45)c3-c3ccc4c(c3)oc3ccccc34)cc21. The highest BCUT2D eigenvalue weighted by Gasteiger charge is 2.36. The van der Waals surface area contributed by atoms with E-state index in [1.165, 1.54) is 60.5 Å². The molecule has 0 unspecified atom stereocenters. The molecular formula is C59H41NO. The van der Waals surface area contributed by atoms with Gasteiger partial charge in [0.2, 0.25) is 0 Å². The van der Waals surface area contributed by atoms with E-state index in [4.69, 9.17) is 4.42 Å². The van der Waals surface area contributed by atoms with Crippen molar-refractivity contribution in [3.8, 4) is 44.5 Å². The van der Waals surface area contributed by atoms with Gasteiger partial charge in [-0.3, -0.25) is 0 Å². The Hall–Kier alpha value is -7.68. The fraction of sp³-hybridized carbons (Fsp3) is 0.0508. The number of nitrogens with zero attached hydrogens (tertiary/aromatic N) is 1. The van der Waals surface area contributed by atoms with E-state index >= 15 is 0 Å². The Labute approximate surface area is 355 Å². The number of hydrogen-bond donors (Lipinski definition) is 0. The first kappa shape index (κ1) is 35.3. The molecule has 288 valence electrons. The maximum Gasteiger partial charge on any atom is 0.136 e. The molecule has 0 aliphatic heterocycles. The number of furan rings is 1. The monoisotopic (exact) mass is 779 g/mol. The highest BCUT2D eigenvalue weighted by atomic mass is 16.3. The van der Waals surface area contributed by atoms with Crippen molar-refractivity contribution in [3.05, 3.63) is 223 Å². The van der Waals surface area contributed by atoms with Crippen molar-refractivity contribution < 1.29 is 4.42 Å². The number of fused-ring (bicyclic) bond motifs is 9. The van der Waals surface area contributed by atoms with Gasteiger partial charge in [-0.25, -0.2) is 0 Å². The third-order valence-corrected chi connectivity index (χ3v) is 13.0. The molecule has 10 aromatic carbocycles. The molecule has 2 heteroatoms. The molecule has 0 saturated carbocycles. The van der Waals surface area contributed by atoms with Crippen LogP contribution in [-0.2, 0) is 5.41 Å². The number of para-hydroxylation sites is 1. The van der Waals surface area contributed by atoms with Crippen LogP contribution in [0.1, 0.15) is 25.0 Å². The van der Waals surface area contributed by atoms with Crippen LogP contribution in [0.4, 0.5) is 17.1 Å². The summed E-state index contributed by atoms with van der Waals surface area (Å²) in [6.07, 6.45) is 0. The first-order chi connectivity index (χ1) is 30.0. The normalized spacial score (nSPS) is 12.9. The first-order valence-electron chi connectivity index (χ1n) is 21.2. The second-order valence-electron chi connectivity index (χ2n) is 16.9. The minimum atomic E-state index is -0.166. The van der Waals surface area contributed by atoms with Gasteiger partial charge in [-0.15, -0.1) is 0 Å². The highest BCUT2D eigenvalue weighted by molar-refractivity contribution is 6.16. The molecule has 0 amide bonds. The lowest BCUT2D eigenvalue weighted by atomic mass is 9.82. The van der Waals surface area contributed by atoms with Crippen molar-refractivity contribution in [1.29, 1.82) is 0 Å². The van der Waals surface area contributed by atoms with Crippen LogP contribution in [0, 0.1) is 0 Å².